The fourth-order valence-electron chi connectivity index (χ4n) is 1.67. The first kappa shape index (κ1) is 9.86. The Labute approximate surface area is 87.5 Å². The van der Waals surface area contributed by atoms with Gasteiger partial charge in [-0.1, -0.05) is 6.07 Å². The molecule has 0 fully saturated rings. The molecule has 4 heteroatoms. The van der Waals surface area contributed by atoms with Crippen LogP contribution in [0.4, 0.5) is 5.69 Å². The second-order valence-electron chi connectivity index (χ2n) is 3.77. The second-order valence-corrected chi connectivity index (χ2v) is 3.77. The number of carbonyl (C=O) groups is 2. The maximum atomic E-state index is 11.8. The molecule has 0 aromatic heterocycles. The summed E-state index contributed by atoms with van der Waals surface area (Å²) in [5.74, 6) is -0.386. The highest BCUT2D eigenvalue weighted by Gasteiger charge is 2.25. The van der Waals surface area contributed by atoms with E-state index in [1.807, 2.05) is 13.0 Å². The van der Waals surface area contributed by atoms with Crippen LogP contribution in [0, 0.1) is 6.92 Å². The van der Waals surface area contributed by atoms with E-state index < -0.39 is 6.04 Å². The van der Waals surface area contributed by atoms with Gasteiger partial charge in [0, 0.05) is 12.0 Å². The van der Waals surface area contributed by atoms with Gasteiger partial charge in [-0.25, -0.2) is 0 Å². The van der Waals surface area contributed by atoms with Crippen LogP contribution in [0.15, 0.2) is 18.2 Å². The van der Waals surface area contributed by atoms with E-state index in [9.17, 15) is 9.59 Å². The molecule has 1 aliphatic heterocycles. The summed E-state index contributed by atoms with van der Waals surface area (Å²) < 4.78 is 0. The lowest BCUT2D eigenvalue weighted by Gasteiger charge is -2.07. The van der Waals surface area contributed by atoms with E-state index in [0.717, 1.165) is 5.56 Å². The van der Waals surface area contributed by atoms with E-state index in [0.29, 0.717) is 11.3 Å². The van der Waals surface area contributed by atoms with Gasteiger partial charge in [-0.3, -0.25) is 9.59 Å². The van der Waals surface area contributed by atoms with Crippen LogP contribution < -0.4 is 11.1 Å². The van der Waals surface area contributed by atoms with Gasteiger partial charge in [-0.05, 0) is 24.6 Å². The molecule has 2 rings (SSSR count). The lowest BCUT2D eigenvalue weighted by Crippen LogP contribution is -2.31. The van der Waals surface area contributed by atoms with Crippen LogP contribution >= 0.6 is 0 Å². The smallest absolute Gasteiger partial charge is 0.226 e. The number of Topliss-reactive ketones (excluding diaryl/α,β-unsaturated/α-hetero) is 1. The summed E-state index contributed by atoms with van der Waals surface area (Å²) in [6.07, 6.45) is 0.0482. The number of amides is 1. The van der Waals surface area contributed by atoms with Crippen molar-refractivity contribution in [2.24, 2.45) is 5.73 Å². The summed E-state index contributed by atoms with van der Waals surface area (Å²) in [4.78, 5) is 23.1. The van der Waals surface area contributed by atoms with E-state index in [1.165, 1.54) is 0 Å². The Morgan fingerprint density at radius 3 is 2.87 bits per heavy atom. The Morgan fingerprint density at radius 2 is 2.13 bits per heavy atom. The fraction of sp³-hybridized carbons (Fsp3) is 0.273. The third kappa shape index (κ3) is 1.76. The Kier molecular flexibility index (Phi) is 2.28. The molecule has 15 heavy (non-hydrogen) atoms. The Balaban J connectivity index is 2.54. The Hall–Kier alpha value is -1.68. The quantitative estimate of drug-likeness (QED) is 0.658. The number of nitrogens with one attached hydrogen (secondary N) is 1. The maximum absolute atomic E-state index is 11.8. The molecule has 1 amide bonds. The van der Waals surface area contributed by atoms with Gasteiger partial charge in [0.1, 0.15) is 0 Å². The summed E-state index contributed by atoms with van der Waals surface area (Å²) in [7, 11) is 0. The molecule has 0 bridgehead atoms. The van der Waals surface area contributed by atoms with Crippen molar-refractivity contribution in [2.75, 3.05) is 5.32 Å². The maximum Gasteiger partial charge on any atom is 0.226 e. The van der Waals surface area contributed by atoms with Crippen LogP contribution in [0.1, 0.15) is 22.3 Å². The Morgan fingerprint density at radius 1 is 1.40 bits per heavy atom. The predicted octanol–water partition coefficient (Wildman–Crippen LogP) is 0.847. The molecule has 0 spiro atoms. The predicted molar refractivity (Wildman–Crippen MR) is 56.7 cm³/mol. The molecule has 4 nitrogen and oxygen atoms in total. The summed E-state index contributed by atoms with van der Waals surface area (Å²) in [6.45, 7) is 1.90. The molecule has 1 heterocycles. The minimum absolute atomic E-state index is 0.0482. The van der Waals surface area contributed by atoms with Crippen molar-refractivity contribution in [3.8, 4) is 0 Å². The average Bonchev–Trinajstić information content (AvgIpc) is 2.25. The minimum Gasteiger partial charge on any atom is -0.325 e. The molecule has 3 N–H and O–H groups in total. The number of hydrogen-bond acceptors (Lipinski definition) is 3. The number of aryl methyl sites for hydroxylation is 1. The van der Waals surface area contributed by atoms with Gasteiger partial charge in [-0.15, -0.1) is 0 Å². The van der Waals surface area contributed by atoms with E-state index in [2.05, 4.69) is 5.32 Å². The summed E-state index contributed by atoms with van der Waals surface area (Å²) >= 11 is 0. The number of anilines is 1. The molecule has 1 aromatic rings. The number of benzene rings is 1. The third-order valence-corrected chi connectivity index (χ3v) is 2.46. The van der Waals surface area contributed by atoms with Crippen LogP contribution in [0.2, 0.25) is 0 Å². The number of fused-ring (bicyclic) bond motifs is 1. The fourth-order valence-corrected chi connectivity index (χ4v) is 1.67. The highest BCUT2D eigenvalue weighted by Crippen LogP contribution is 2.22. The molecule has 0 radical (unpaired) electrons. The molecule has 0 saturated heterocycles. The molecule has 1 atom stereocenters. The lowest BCUT2D eigenvalue weighted by molar-refractivity contribution is -0.116. The SMILES string of the molecule is Cc1ccc2c(c1)NC(=O)CC(N)C2=O. The first-order chi connectivity index (χ1) is 7.08. The van der Waals surface area contributed by atoms with Crippen LogP contribution in [-0.2, 0) is 4.79 Å². The van der Waals surface area contributed by atoms with Gasteiger partial charge in [0.25, 0.3) is 0 Å². The number of nitrogens with two attached hydrogens (primary N) is 1. The van der Waals surface area contributed by atoms with Gasteiger partial charge < -0.3 is 11.1 Å². The van der Waals surface area contributed by atoms with Gasteiger partial charge in [0.05, 0.1) is 11.7 Å². The van der Waals surface area contributed by atoms with Crippen molar-refractivity contribution in [1.29, 1.82) is 0 Å². The molecule has 0 aliphatic carbocycles. The third-order valence-electron chi connectivity index (χ3n) is 2.46. The van der Waals surface area contributed by atoms with Gasteiger partial charge in [0.15, 0.2) is 5.78 Å². The zero-order chi connectivity index (χ0) is 11.0. The monoisotopic (exact) mass is 204 g/mol. The van der Waals surface area contributed by atoms with Crippen molar-refractivity contribution < 1.29 is 9.59 Å². The number of rotatable bonds is 0. The zero-order valence-corrected chi connectivity index (χ0v) is 8.41. The Bertz CT molecular complexity index is 440. The highest BCUT2D eigenvalue weighted by molar-refractivity contribution is 6.11. The average molecular weight is 204 g/mol. The van der Waals surface area contributed by atoms with Gasteiger partial charge in [0.2, 0.25) is 5.91 Å². The summed E-state index contributed by atoms with van der Waals surface area (Å²) in [5.41, 5.74) is 7.68. The van der Waals surface area contributed by atoms with Gasteiger partial charge >= 0.3 is 0 Å². The van der Waals surface area contributed by atoms with Crippen molar-refractivity contribution in [2.45, 2.75) is 19.4 Å². The van der Waals surface area contributed by atoms with Crippen LogP contribution in [-0.4, -0.2) is 17.7 Å². The second kappa shape index (κ2) is 3.47. The molecule has 0 saturated carbocycles. The minimum atomic E-state index is -0.728. The molecule has 1 aliphatic rings. The first-order valence-electron chi connectivity index (χ1n) is 4.78. The number of hydrogen-bond donors (Lipinski definition) is 2. The first-order valence-corrected chi connectivity index (χ1v) is 4.78. The van der Waals surface area contributed by atoms with Crippen molar-refractivity contribution >= 4 is 17.4 Å². The summed E-state index contributed by atoms with van der Waals surface area (Å²) in [6, 6.07) is 4.59. The largest absolute Gasteiger partial charge is 0.325 e. The van der Waals surface area contributed by atoms with E-state index in [1.54, 1.807) is 12.1 Å². The van der Waals surface area contributed by atoms with E-state index in [-0.39, 0.29) is 18.1 Å². The van der Waals surface area contributed by atoms with Crippen LogP contribution in [0.25, 0.3) is 0 Å². The van der Waals surface area contributed by atoms with Crippen molar-refractivity contribution in [3.05, 3.63) is 29.3 Å². The molecular formula is C11H12N2O2. The summed E-state index contributed by atoms with van der Waals surface area (Å²) in [5, 5.41) is 2.68. The normalized spacial score (nSPS) is 20.5. The highest BCUT2D eigenvalue weighted by atomic mass is 16.2. The molecule has 78 valence electrons. The van der Waals surface area contributed by atoms with Crippen LogP contribution in [0.3, 0.4) is 0 Å². The molecule has 1 aromatic carbocycles. The van der Waals surface area contributed by atoms with Crippen molar-refractivity contribution in [3.63, 3.8) is 0 Å². The molecular weight excluding hydrogens is 192 g/mol. The number of ketones is 1. The van der Waals surface area contributed by atoms with Crippen molar-refractivity contribution in [1.82, 2.24) is 0 Å². The van der Waals surface area contributed by atoms with E-state index in [4.69, 9.17) is 5.73 Å². The lowest BCUT2D eigenvalue weighted by atomic mass is 10.0. The van der Waals surface area contributed by atoms with E-state index >= 15 is 0 Å². The number of carbonyl (C=O) groups excluding carboxylic acids is 2. The van der Waals surface area contributed by atoms with Crippen LogP contribution in [0.5, 0.6) is 0 Å². The standard InChI is InChI=1S/C11H12N2O2/c1-6-2-3-7-9(4-6)13-10(14)5-8(12)11(7)15/h2-4,8H,5,12H2,1H3,(H,13,14). The van der Waals surface area contributed by atoms with Gasteiger partial charge in [-0.2, -0.15) is 0 Å². The molecule has 1 unspecified atom stereocenters. The topological polar surface area (TPSA) is 72.2 Å². The zero-order valence-electron chi connectivity index (χ0n) is 8.41.